The van der Waals surface area contributed by atoms with Gasteiger partial charge in [-0.3, -0.25) is 9.59 Å². The molecule has 1 unspecified atom stereocenters. The van der Waals surface area contributed by atoms with Gasteiger partial charge in [0.2, 0.25) is 11.8 Å². The molecular weight excluding hydrogens is 464 g/mol. The summed E-state index contributed by atoms with van der Waals surface area (Å²) in [5, 5.41) is 7.84. The van der Waals surface area contributed by atoms with Crippen molar-refractivity contribution in [1.82, 2.24) is 10.2 Å². The average Bonchev–Trinajstić information content (AvgIpc) is 2.92. The Morgan fingerprint density at radius 3 is 2.27 bits per heavy atom. The van der Waals surface area contributed by atoms with E-state index >= 15 is 0 Å². The average molecular weight is 493 g/mol. The Labute approximate surface area is 215 Å². The molecule has 0 radical (unpaired) electrons. The number of hydrogen-bond donors (Lipinski definition) is 3. The van der Waals surface area contributed by atoms with Crippen LogP contribution in [0.1, 0.15) is 16.7 Å². The van der Waals surface area contributed by atoms with E-state index in [0.29, 0.717) is 12.1 Å². The normalized spacial score (nSPS) is 15.5. The highest BCUT2D eigenvalue weighted by molar-refractivity contribution is 5.96. The highest BCUT2D eigenvalue weighted by Crippen LogP contribution is 2.25. The van der Waals surface area contributed by atoms with Crippen molar-refractivity contribution in [2.45, 2.75) is 31.5 Å². The van der Waals surface area contributed by atoms with Crippen molar-refractivity contribution in [3.05, 3.63) is 114 Å². The maximum atomic E-state index is 13.6. The number of nitrogens with two attached hydrogens (primary N) is 1. The molecule has 0 spiro atoms. The molecule has 5 rings (SSSR count). The zero-order valence-corrected chi connectivity index (χ0v) is 20.3. The monoisotopic (exact) mass is 492 g/mol. The van der Waals surface area contributed by atoms with Crippen molar-refractivity contribution < 1.29 is 14.4 Å². The molecule has 7 nitrogen and oxygen atoms in total. The number of para-hydroxylation sites is 1. The Morgan fingerprint density at radius 1 is 0.838 bits per heavy atom. The van der Waals surface area contributed by atoms with Gasteiger partial charge in [-0.15, -0.1) is 0 Å². The lowest BCUT2D eigenvalue weighted by Gasteiger charge is -2.36. The lowest BCUT2D eigenvalue weighted by atomic mass is 9.93. The lowest BCUT2D eigenvalue weighted by Crippen LogP contribution is -2.57. The molecule has 0 bridgehead atoms. The number of primary amides is 1. The zero-order chi connectivity index (χ0) is 25.8. The molecule has 4 aromatic rings. The van der Waals surface area contributed by atoms with Crippen molar-refractivity contribution >= 4 is 34.3 Å². The van der Waals surface area contributed by atoms with Gasteiger partial charge in [-0.05, 0) is 39.6 Å². The largest absolute Gasteiger partial charge is 0.368 e. The first-order valence-electron chi connectivity index (χ1n) is 12.2. The van der Waals surface area contributed by atoms with E-state index in [0.717, 1.165) is 27.5 Å². The van der Waals surface area contributed by atoms with Crippen molar-refractivity contribution in [1.29, 1.82) is 0 Å². The number of hydrogen-bond acceptors (Lipinski definition) is 3. The van der Waals surface area contributed by atoms with Crippen molar-refractivity contribution in [2.75, 3.05) is 5.32 Å². The Kier molecular flexibility index (Phi) is 6.85. The van der Waals surface area contributed by atoms with Crippen LogP contribution in [-0.4, -0.2) is 34.8 Å². The van der Waals surface area contributed by atoms with Crippen LogP contribution in [0, 0.1) is 0 Å². The van der Waals surface area contributed by atoms with Crippen molar-refractivity contribution in [3.63, 3.8) is 0 Å². The lowest BCUT2D eigenvalue weighted by molar-refractivity contribution is -0.130. The molecule has 1 heterocycles. The minimum Gasteiger partial charge on any atom is -0.368 e. The topological polar surface area (TPSA) is 105 Å². The molecule has 0 saturated carbocycles. The van der Waals surface area contributed by atoms with Crippen LogP contribution in [0.3, 0.4) is 0 Å². The molecule has 2 atom stereocenters. The van der Waals surface area contributed by atoms with Gasteiger partial charge in [0, 0.05) is 25.1 Å². The molecule has 37 heavy (non-hydrogen) atoms. The molecular formula is C30H28N4O3. The fourth-order valence-electron chi connectivity index (χ4n) is 4.78. The maximum Gasteiger partial charge on any atom is 0.322 e. The molecule has 186 valence electrons. The van der Waals surface area contributed by atoms with Gasteiger partial charge in [-0.25, -0.2) is 4.79 Å². The molecule has 1 aliphatic heterocycles. The van der Waals surface area contributed by atoms with E-state index in [1.807, 2.05) is 84.9 Å². The summed E-state index contributed by atoms with van der Waals surface area (Å²) in [6, 6.07) is 28.6. The third-order valence-corrected chi connectivity index (χ3v) is 6.75. The first-order valence-corrected chi connectivity index (χ1v) is 12.2. The first-order chi connectivity index (χ1) is 18.0. The molecule has 4 N–H and O–H groups in total. The Morgan fingerprint density at radius 2 is 1.51 bits per heavy atom. The molecule has 7 heteroatoms. The smallest absolute Gasteiger partial charge is 0.322 e. The summed E-state index contributed by atoms with van der Waals surface area (Å²) in [5.74, 6) is -1.04. The number of anilines is 1. The van der Waals surface area contributed by atoms with E-state index in [2.05, 4.69) is 10.6 Å². The van der Waals surface area contributed by atoms with Crippen LogP contribution >= 0.6 is 0 Å². The van der Waals surface area contributed by atoms with E-state index in [1.165, 1.54) is 4.90 Å². The van der Waals surface area contributed by atoms with E-state index in [4.69, 9.17) is 5.73 Å². The third-order valence-electron chi connectivity index (χ3n) is 6.75. The minimum absolute atomic E-state index is 0.255. The van der Waals surface area contributed by atoms with E-state index < -0.39 is 23.9 Å². The fraction of sp³-hybridized carbons (Fsp3) is 0.167. The predicted octanol–water partition coefficient (Wildman–Crippen LogP) is 4.01. The van der Waals surface area contributed by atoms with Gasteiger partial charge in [-0.2, -0.15) is 0 Å². The molecule has 4 aromatic carbocycles. The number of rotatable bonds is 6. The second-order valence-electron chi connectivity index (χ2n) is 9.26. The Bertz CT molecular complexity index is 1450. The molecule has 0 aliphatic carbocycles. The summed E-state index contributed by atoms with van der Waals surface area (Å²) in [7, 11) is 0. The number of amides is 4. The summed E-state index contributed by atoms with van der Waals surface area (Å²) >= 11 is 0. The van der Waals surface area contributed by atoms with Gasteiger partial charge in [0.25, 0.3) is 0 Å². The second-order valence-corrected chi connectivity index (χ2v) is 9.26. The summed E-state index contributed by atoms with van der Waals surface area (Å²) in [5.41, 5.74) is 9.20. The molecule has 0 fully saturated rings. The standard InChI is InChI=1S/C30H28N4O3/c31-28(35)26(17-20-14-15-21-8-4-5-9-22(21)16-20)33-29(36)27-18-23-10-6-7-11-24(23)19-34(27)30(37)32-25-12-2-1-3-13-25/h1-16,26-27H,17-19H2,(H2,31,35)(H,32,37)(H,33,36)/t26?,27-/m0/s1. The molecule has 0 aromatic heterocycles. The number of carbonyl (C=O) groups excluding carboxylic acids is 3. The Hall–Kier alpha value is -4.65. The third kappa shape index (κ3) is 5.46. The zero-order valence-electron chi connectivity index (χ0n) is 20.3. The second kappa shape index (κ2) is 10.5. The highest BCUT2D eigenvalue weighted by atomic mass is 16.2. The highest BCUT2D eigenvalue weighted by Gasteiger charge is 2.36. The van der Waals surface area contributed by atoms with Crippen LogP contribution in [0.4, 0.5) is 10.5 Å². The first kappa shape index (κ1) is 24.1. The van der Waals surface area contributed by atoms with Gasteiger partial charge in [0.05, 0.1) is 0 Å². The van der Waals surface area contributed by atoms with Gasteiger partial charge >= 0.3 is 6.03 Å². The number of urea groups is 1. The number of carbonyl (C=O) groups is 3. The predicted molar refractivity (Wildman–Crippen MR) is 144 cm³/mol. The van der Waals surface area contributed by atoms with Crippen LogP contribution in [0.2, 0.25) is 0 Å². The van der Waals surface area contributed by atoms with Crippen molar-refractivity contribution in [2.24, 2.45) is 5.73 Å². The van der Waals surface area contributed by atoms with Crippen LogP contribution in [0.15, 0.2) is 97.1 Å². The molecule has 0 saturated heterocycles. The van der Waals surface area contributed by atoms with Crippen molar-refractivity contribution in [3.8, 4) is 0 Å². The van der Waals surface area contributed by atoms with E-state index in [1.54, 1.807) is 12.1 Å². The number of nitrogens with zero attached hydrogens (tertiary/aromatic N) is 1. The molecule has 4 amide bonds. The van der Waals surface area contributed by atoms with Crippen LogP contribution in [0.5, 0.6) is 0 Å². The van der Waals surface area contributed by atoms with E-state index in [9.17, 15) is 14.4 Å². The summed E-state index contributed by atoms with van der Waals surface area (Å²) in [6.45, 7) is 0.277. The summed E-state index contributed by atoms with van der Waals surface area (Å²) in [4.78, 5) is 40.7. The van der Waals surface area contributed by atoms with Gasteiger partial charge in [0.1, 0.15) is 12.1 Å². The minimum atomic E-state index is -0.912. The summed E-state index contributed by atoms with van der Waals surface area (Å²) < 4.78 is 0. The van der Waals surface area contributed by atoms with E-state index in [-0.39, 0.29) is 19.0 Å². The number of fused-ring (bicyclic) bond motifs is 2. The summed E-state index contributed by atoms with van der Waals surface area (Å²) in [6.07, 6.45) is 0.594. The van der Waals surface area contributed by atoms with Gasteiger partial charge in [0.15, 0.2) is 0 Å². The quantitative estimate of drug-likeness (QED) is 0.379. The fourth-order valence-corrected chi connectivity index (χ4v) is 4.78. The Balaban J connectivity index is 1.37. The van der Waals surface area contributed by atoms with Gasteiger partial charge in [-0.1, -0.05) is 84.9 Å². The SMILES string of the molecule is NC(=O)C(Cc1ccc2ccccc2c1)NC(=O)[C@@H]1Cc2ccccc2CN1C(=O)Nc1ccccc1. The van der Waals surface area contributed by atoms with Crippen LogP contribution in [0.25, 0.3) is 10.8 Å². The van der Waals surface area contributed by atoms with Gasteiger partial charge < -0.3 is 21.3 Å². The molecule has 1 aliphatic rings. The number of benzene rings is 4. The number of nitrogens with one attached hydrogen (secondary N) is 2. The van der Waals surface area contributed by atoms with Crippen LogP contribution < -0.4 is 16.4 Å². The maximum absolute atomic E-state index is 13.6. The van der Waals surface area contributed by atoms with Crippen LogP contribution in [-0.2, 0) is 29.0 Å².